The van der Waals surface area contributed by atoms with E-state index in [2.05, 4.69) is 6.58 Å². The first-order chi connectivity index (χ1) is 4.37. The summed E-state index contributed by atoms with van der Waals surface area (Å²) in [7, 11) is 0. The van der Waals surface area contributed by atoms with E-state index in [0.717, 1.165) is 0 Å². The number of carbonyl (C=O) groups excluding carboxylic acids is 1. The molecule has 0 atom stereocenters. The summed E-state index contributed by atoms with van der Waals surface area (Å²) >= 11 is 0. The molecule has 0 spiro atoms. The van der Waals surface area contributed by atoms with Gasteiger partial charge >= 0.3 is 5.97 Å². The number of carboxylic acids is 1. The van der Waals surface area contributed by atoms with Gasteiger partial charge in [0.25, 0.3) is 0 Å². The van der Waals surface area contributed by atoms with Gasteiger partial charge in [0, 0.05) is 22.6 Å². The van der Waals surface area contributed by atoms with Crippen LogP contribution in [-0.2, 0) is 26.7 Å². The van der Waals surface area contributed by atoms with E-state index < -0.39 is 5.97 Å². The second kappa shape index (κ2) is 9.40. The van der Waals surface area contributed by atoms with Crippen molar-refractivity contribution >= 4 is 11.8 Å². The molecule has 0 radical (unpaired) electrons. The minimum atomic E-state index is -0.935. The van der Waals surface area contributed by atoms with E-state index >= 15 is 0 Å². The Kier molecular flexibility index (Phi) is 14.3. The van der Waals surface area contributed by atoms with Gasteiger partial charge in [-0.2, -0.15) is 0 Å². The molecule has 0 aliphatic heterocycles. The molecule has 0 aromatic carbocycles. The number of hydrogen-bond acceptors (Lipinski definition) is 2. The molecule has 0 saturated carbocycles. The largest absolute Gasteiger partial charge is 0.478 e. The normalized spacial score (nSPS) is 6.45. The third-order valence-corrected chi connectivity index (χ3v) is 0.365. The molecule has 0 heterocycles. The molecule has 66 valence electrons. The second-order valence-corrected chi connectivity index (χ2v) is 1.99. The number of carbonyl (C=O) groups is 2. The van der Waals surface area contributed by atoms with E-state index in [9.17, 15) is 9.59 Å². The quantitative estimate of drug-likeness (QED) is 0.511. The standard InChI is InChI=1S/C4H6O2.C3H6O.Fe/c1-3(2)4(5)6;1-3(2)4;/h1H2,2H3,(H,5,6);1-2H3;. The van der Waals surface area contributed by atoms with Gasteiger partial charge in [0.1, 0.15) is 5.78 Å². The van der Waals surface area contributed by atoms with Gasteiger partial charge in [-0.1, -0.05) is 6.58 Å². The van der Waals surface area contributed by atoms with Gasteiger partial charge in [-0.05, 0) is 20.8 Å². The average molecular weight is 200 g/mol. The van der Waals surface area contributed by atoms with Crippen molar-refractivity contribution in [2.75, 3.05) is 0 Å². The molecular formula is C7H12FeO3. The van der Waals surface area contributed by atoms with Crippen molar-refractivity contribution in [2.45, 2.75) is 20.8 Å². The zero-order valence-electron chi connectivity index (χ0n) is 6.82. The molecule has 0 saturated heterocycles. The fourth-order valence-electron chi connectivity index (χ4n) is 0. The Bertz CT molecular complexity index is 136. The van der Waals surface area contributed by atoms with Crippen molar-refractivity contribution < 1.29 is 31.8 Å². The van der Waals surface area contributed by atoms with Crippen LogP contribution in [-0.4, -0.2) is 16.9 Å². The van der Waals surface area contributed by atoms with Gasteiger partial charge < -0.3 is 9.90 Å². The first-order valence-corrected chi connectivity index (χ1v) is 2.74. The maximum Gasteiger partial charge on any atom is 0.330 e. The van der Waals surface area contributed by atoms with E-state index in [1.54, 1.807) is 0 Å². The fraction of sp³-hybridized carbons (Fsp3) is 0.429. The first-order valence-electron chi connectivity index (χ1n) is 2.74. The van der Waals surface area contributed by atoms with Crippen LogP contribution in [0.25, 0.3) is 0 Å². The summed E-state index contributed by atoms with van der Waals surface area (Å²) in [6.45, 7) is 7.66. The molecule has 1 N–H and O–H groups in total. The molecule has 4 heteroatoms. The molecule has 0 fully saturated rings. The zero-order chi connectivity index (χ0) is 8.73. The maximum absolute atomic E-state index is 9.60. The van der Waals surface area contributed by atoms with E-state index in [1.165, 1.54) is 20.8 Å². The van der Waals surface area contributed by atoms with Gasteiger partial charge in [0.2, 0.25) is 0 Å². The second-order valence-electron chi connectivity index (χ2n) is 1.99. The van der Waals surface area contributed by atoms with E-state index in [-0.39, 0.29) is 28.4 Å². The molecule has 0 amide bonds. The molecule has 0 aliphatic carbocycles. The molecule has 0 unspecified atom stereocenters. The average Bonchev–Trinajstić information content (AvgIpc) is 1.63. The molecule has 11 heavy (non-hydrogen) atoms. The predicted molar refractivity (Wildman–Crippen MR) is 38.8 cm³/mol. The van der Waals surface area contributed by atoms with Crippen molar-refractivity contribution in [3.8, 4) is 0 Å². The number of ketones is 1. The number of aliphatic carboxylic acids is 1. The molecule has 0 aromatic rings. The van der Waals surface area contributed by atoms with Crippen molar-refractivity contribution in [3.63, 3.8) is 0 Å². The number of carboxylic acid groups (broad SMARTS) is 1. The van der Waals surface area contributed by atoms with Crippen LogP contribution in [0, 0.1) is 0 Å². The van der Waals surface area contributed by atoms with Crippen LogP contribution in [0.1, 0.15) is 20.8 Å². The summed E-state index contributed by atoms with van der Waals surface area (Å²) < 4.78 is 0. The summed E-state index contributed by atoms with van der Waals surface area (Å²) in [5, 5.41) is 7.89. The van der Waals surface area contributed by atoms with Gasteiger partial charge in [-0.25, -0.2) is 4.79 Å². The Morgan fingerprint density at radius 3 is 1.27 bits per heavy atom. The summed E-state index contributed by atoms with van der Waals surface area (Å²) in [6, 6.07) is 0. The summed E-state index contributed by atoms with van der Waals surface area (Å²) in [5.74, 6) is -0.769. The number of rotatable bonds is 1. The topological polar surface area (TPSA) is 54.4 Å². The Morgan fingerprint density at radius 2 is 1.27 bits per heavy atom. The van der Waals surface area contributed by atoms with E-state index in [1.807, 2.05) is 0 Å². The van der Waals surface area contributed by atoms with Crippen molar-refractivity contribution in [1.82, 2.24) is 0 Å². The van der Waals surface area contributed by atoms with Gasteiger partial charge in [0.15, 0.2) is 0 Å². The van der Waals surface area contributed by atoms with E-state index in [0.29, 0.717) is 0 Å². The van der Waals surface area contributed by atoms with Crippen molar-refractivity contribution in [1.29, 1.82) is 0 Å². The van der Waals surface area contributed by atoms with Crippen LogP contribution in [0.3, 0.4) is 0 Å². The molecule has 0 aliphatic rings. The minimum absolute atomic E-state index is 0. The Hall–Kier alpha value is -0.601. The first kappa shape index (κ1) is 16.8. The van der Waals surface area contributed by atoms with Crippen molar-refractivity contribution in [2.24, 2.45) is 0 Å². The van der Waals surface area contributed by atoms with Crippen LogP contribution >= 0.6 is 0 Å². The fourth-order valence-corrected chi connectivity index (χ4v) is 0. The van der Waals surface area contributed by atoms with Crippen molar-refractivity contribution in [3.05, 3.63) is 12.2 Å². The Morgan fingerprint density at radius 1 is 1.18 bits per heavy atom. The summed E-state index contributed by atoms with van der Waals surface area (Å²) in [4.78, 5) is 19.0. The van der Waals surface area contributed by atoms with Crippen LogP contribution in [0.2, 0.25) is 0 Å². The van der Waals surface area contributed by atoms with Gasteiger partial charge in [-0.15, -0.1) is 0 Å². The monoisotopic (exact) mass is 200 g/mol. The third-order valence-electron chi connectivity index (χ3n) is 0.365. The molecular weight excluding hydrogens is 188 g/mol. The van der Waals surface area contributed by atoms with Crippen LogP contribution < -0.4 is 0 Å². The van der Waals surface area contributed by atoms with Gasteiger partial charge in [-0.3, -0.25) is 0 Å². The predicted octanol–water partition coefficient (Wildman–Crippen LogP) is 1.24. The van der Waals surface area contributed by atoms with Crippen LogP contribution in [0.4, 0.5) is 0 Å². The summed E-state index contributed by atoms with van der Waals surface area (Å²) in [6.07, 6.45) is 0. The molecule has 0 rings (SSSR count). The number of Topliss-reactive ketones (excluding diaryl/α,β-unsaturated/α-hetero) is 1. The molecule has 0 bridgehead atoms. The third kappa shape index (κ3) is 44.5. The molecule has 3 nitrogen and oxygen atoms in total. The maximum atomic E-state index is 9.60. The van der Waals surface area contributed by atoms with Crippen LogP contribution in [0.15, 0.2) is 12.2 Å². The molecule has 0 aromatic heterocycles. The smallest absolute Gasteiger partial charge is 0.330 e. The zero-order valence-corrected chi connectivity index (χ0v) is 7.93. The van der Waals surface area contributed by atoms with Crippen LogP contribution in [0.5, 0.6) is 0 Å². The summed E-state index contributed by atoms with van der Waals surface area (Å²) in [5.41, 5.74) is 0.176. The minimum Gasteiger partial charge on any atom is -0.478 e. The SMILES string of the molecule is C=C(C)C(=O)O.CC(C)=O.[Fe]. The number of hydrogen-bond donors (Lipinski definition) is 1. The Labute approximate surface area is 77.0 Å². The van der Waals surface area contributed by atoms with E-state index in [4.69, 9.17) is 5.11 Å². The van der Waals surface area contributed by atoms with Gasteiger partial charge in [0.05, 0.1) is 0 Å². The Balaban J connectivity index is -0.000000114.